The van der Waals surface area contributed by atoms with Crippen LogP contribution in [0, 0.1) is 0 Å². The highest BCUT2D eigenvalue weighted by atomic mass is 32.2. The number of benzene rings is 4. The van der Waals surface area contributed by atoms with Gasteiger partial charge < -0.3 is 4.42 Å². The first-order chi connectivity index (χ1) is 17.3. The number of hydrogen-bond donors (Lipinski definition) is 0. The standard InChI is InChI=1S/C30H19NO2S2/c32-26(21-14-6-2-7-15-21)28-25(20-12-4-1-5-13-20)29(27(33-28)22-16-8-3-9-17-22)35-30-31-23-18-10-11-19-24(23)34-30/h1-19H. The van der Waals surface area contributed by atoms with Crippen molar-refractivity contribution >= 4 is 39.1 Å². The molecular weight excluding hydrogens is 470 g/mol. The molecule has 0 aliphatic rings. The highest BCUT2D eigenvalue weighted by Crippen LogP contribution is 2.48. The van der Waals surface area contributed by atoms with Crippen molar-refractivity contribution in [2.45, 2.75) is 9.24 Å². The summed E-state index contributed by atoms with van der Waals surface area (Å²) in [5, 5.41) is 0. The molecule has 0 aliphatic carbocycles. The second kappa shape index (κ2) is 9.37. The van der Waals surface area contributed by atoms with Crippen LogP contribution in [0.5, 0.6) is 0 Å². The van der Waals surface area contributed by atoms with Crippen LogP contribution >= 0.6 is 23.1 Å². The average molecular weight is 490 g/mol. The first-order valence-electron chi connectivity index (χ1n) is 11.2. The molecule has 5 heteroatoms. The second-order valence-corrected chi connectivity index (χ2v) is 10.2. The van der Waals surface area contributed by atoms with Crippen molar-refractivity contribution in [3.05, 3.63) is 127 Å². The molecule has 3 nitrogen and oxygen atoms in total. The summed E-state index contributed by atoms with van der Waals surface area (Å²) in [4.78, 5) is 19.4. The van der Waals surface area contributed by atoms with Crippen molar-refractivity contribution < 1.29 is 9.21 Å². The van der Waals surface area contributed by atoms with Crippen molar-refractivity contribution in [3.8, 4) is 22.5 Å². The van der Waals surface area contributed by atoms with E-state index in [0.717, 1.165) is 36.1 Å². The maximum Gasteiger partial charge on any atom is 0.228 e. The average Bonchev–Trinajstić information content (AvgIpc) is 3.51. The highest BCUT2D eigenvalue weighted by Gasteiger charge is 2.29. The molecule has 6 rings (SSSR count). The third kappa shape index (κ3) is 4.20. The van der Waals surface area contributed by atoms with E-state index in [1.54, 1.807) is 23.1 Å². The summed E-state index contributed by atoms with van der Waals surface area (Å²) in [7, 11) is 0. The van der Waals surface area contributed by atoms with Gasteiger partial charge >= 0.3 is 0 Å². The van der Waals surface area contributed by atoms with Crippen LogP contribution in [0.25, 0.3) is 32.7 Å². The number of furan rings is 1. The van der Waals surface area contributed by atoms with E-state index < -0.39 is 0 Å². The van der Waals surface area contributed by atoms with Gasteiger partial charge in [-0.2, -0.15) is 0 Å². The second-order valence-electron chi connectivity index (χ2n) is 7.94. The van der Waals surface area contributed by atoms with Gasteiger partial charge in [-0.05, 0) is 17.7 Å². The van der Waals surface area contributed by atoms with Crippen LogP contribution in [0.2, 0.25) is 0 Å². The van der Waals surface area contributed by atoms with Crippen molar-refractivity contribution in [3.63, 3.8) is 0 Å². The summed E-state index contributed by atoms with van der Waals surface area (Å²) < 4.78 is 8.48. The van der Waals surface area contributed by atoms with Gasteiger partial charge in [-0.25, -0.2) is 4.98 Å². The first kappa shape index (κ1) is 21.6. The molecule has 0 amide bonds. The molecule has 4 aromatic carbocycles. The number of hydrogen-bond acceptors (Lipinski definition) is 5. The molecule has 35 heavy (non-hydrogen) atoms. The van der Waals surface area contributed by atoms with Crippen LogP contribution in [0.4, 0.5) is 0 Å². The number of ketones is 1. The maximum absolute atomic E-state index is 13.7. The van der Waals surface area contributed by atoms with E-state index >= 15 is 0 Å². The predicted octanol–water partition coefficient (Wildman–Crippen LogP) is 8.61. The zero-order valence-electron chi connectivity index (χ0n) is 18.5. The van der Waals surface area contributed by atoms with Gasteiger partial charge in [0, 0.05) is 16.7 Å². The van der Waals surface area contributed by atoms with Crippen LogP contribution in [-0.4, -0.2) is 10.8 Å². The summed E-state index contributed by atoms with van der Waals surface area (Å²) in [6.07, 6.45) is 0. The molecule has 0 unspecified atom stereocenters. The summed E-state index contributed by atoms with van der Waals surface area (Å²) in [6.45, 7) is 0. The van der Waals surface area contributed by atoms with Crippen LogP contribution in [0.3, 0.4) is 0 Å². The lowest BCUT2D eigenvalue weighted by atomic mass is 10.00. The highest BCUT2D eigenvalue weighted by molar-refractivity contribution is 8.01. The van der Waals surface area contributed by atoms with Crippen LogP contribution in [-0.2, 0) is 0 Å². The van der Waals surface area contributed by atoms with Gasteiger partial charge in [0.05, 0.1) is 15.1 Å². The minimum Gasteiger partial charge on any atom is -0.451 e. The van der Waals surface area contributed by atoms with E-state index in [1.165, 1.54) is 0 Å². The normalized spacial score (nSPS) is 11.1. The molecule has 0 saturated heterocycles. The molecule has 0 atom stereocenters. The third-order valence-corrected chi connectivity index (χ3v) is 7.86. The molecular formula is C30H19NO2S2. The Labute approximate surface area is 211 Å². The van der Waals surface area contributed by atoms with Gasteiger partial charge in [0.25, 0.3) is 0 Å². The maximum atomic E-state index is 13.7. The Morgan fingerprint density at radius 1 is 0.714 bits per heavy atom. The number of rotatable bonds is 6. The largest absolute Gasteiger partial charge is 0.451 e. The van der Waals surface area contributed by atoms with Gasteiger partial charge in [0.2, 0.25) is 5.78 Å². The number of para-hydroxylation sites is 1. The zero-order valence-corrected chi connectivity index (χ0v) is 20.2. The van der Waals surface area contributed by atoms with Crippen LogP contribution in [0.15, 0.2) is 129 Å². The third-order valence-electron chi connectivity index (χ3n) is 5.67. The summed E-state index contributed by atoms with van der Waals surface area (Å²) in [5.41, 5.74) is 4.20. The molecule has 2 heterocycles. The molecule has 0 N–H and O–H groups in total. The zero-order chi connectivity index (χ0) is 23.6. The Hall–Kier alpha value is -3.93. The topological polar surface area (TPSA) is 43.1 Å². The minimum atomic E-state index is -0.141. The summed E-state index contributed by atoms with van der Waals surface area (Å²) in [6, 6.07) is 37.3. The molecule has 0 aliphatic heterocycles. The van der Waals surface area contributed by atoms with Gasteiger partial charge in [0.1, 0.15) is 5.76 Å². The Morgan fingerprint density at radius 2 is 1.31 bits per heavy atom. The number of fused-ring (bicyclic) bond motifs is 1. The number of nitrogens with zero attached hydrogens (tertiary/aromatic N) is 1. The van der Waals surface area contributed by atoms with Crippen molar-refractivity contribution in [2.75, 3.05) is 0 Å². The van der Waals surface area contributed by atoms with Crippen LogP contribution < -0.4 is 0 Å². The molecule has 0 spiro atoms. The SMILES string of the molecule is O=C(c1ccccc1)c1oc(-c2ccccc2)c(Sc2nc3ccccc3s2)c1-c1ccccc1. The van der Waals surface area contributed by atoms with E-state index in [4.69, 9.17) is 9.40 Å². The number of carbonyl (C=O) groups excluding carboxylic acids is 1. The Balaban J connectivity index is 1.60. The first-order valence-corrected chi connectivity index (χ1v) is 12.8. The van der Waals surface area contributed by atoms with Gasteiger partial charge in [-0.3, -0.25) is 4.79 Å². The minimum absolute atomic E-state index is 0.141. The molecule has 0 fully saturated rings. The quantitative estimate of drug-likeness (QED) is 0.220. The predicted molar refractivity (Wildman–Crippen MR) is 143 cm³/mol. The van der Waals surface area contributed by atoms with Crippen molar-refractivity contribution in [1.82, 2.24) is 4.98 Å². The molecule has 0 radical (unpaired) electrons. The van der Waals surface area contributed by atoms with E-state index in [9.17, 15) is 4.79 Å². The van der Waals surface area contributed by atoms with E-state index in [0.29, 0.717) is 17.1 Å². The molecule has 2 aromatic heterocycles. The Kier molecular flexibility index (Phi) is 5.78. The fourth-order valence-electron chi connectivity index (χ4n) is 4.02. The molecule has 0 saturated carbocycles. The lowest BCUT2D eigenvalue weighted by molar-refractivity contribution is 0.101. The molecule has 0 bridgehead atoms. The number of aromatic nitrogens is 1. The Morgan fingerprint density at radius 3 is 2.00 bits per heavy atom. The summed E-state index contributed by atoms with van der Waals surface area (Å²) >= 11 is 3.19. The lowest BCUT2D eigenvalue weighted by Gasteiger charge is -2.06. The van der Waals surface area contributed by atoms with Gasteiger partial charge in [-0.1, -0.05) is 115 Å². The van der Waals surface area contributed by atoms with Crippen molar-refractivity contribution in [2.24, 2.45) is 0 Å². The monoisotopic (exact) mass is 489 g/mol. The number of carbonyl (C=O) groups is 1. The van der Waals surface area contributed by atoms with Crippen molar-refractivity contribution in [1.29, 1.82) is 0 Å². The summed E-state index contributed by atoms with van der Waals surface area (Å²) in [5.74, 6) is 0.871. The van der Waals surface area contributed by atoms with E-state index in [2.05, 4.69) is 6.07 Å². The fourth-order valence-corrected chi connectivity index (χ4v) is 6.29. The Bertz CT molecular complexity index is 1590. The van der Waals surface area contributed by atoms with E-state index in [-0.39, 0.29) is 5.78 Å². The molecule has 168 valence electrons. The molecule has 6 aromatic rings. The smallest absolute Gasteiger partial charge is 0.228 e. The van der Waals surface area contributed by atoms with E-state index in [1.807, 2.05) is 109 Å². The van der Waals surface area contributed by atoms with Crippen LogP contribution in [0.1, 0.15) is 16.1 Å². The van der Waals surface area contributed by atoms with Gasteiger partial charge in [-0.15, -0.1) is 11.3 Å². The lowest BCUT2D eigenvalue weighted by Crippen LogP contribution is -2.01. The number of thiazole rings is 1. The fraction of sp³-hybridized carbons (Fsp3) is 0. The van der Waals surface area contributed by atoms with Gasteiger partial charge in [0.15, 0.2) is 10.1 Å².